The lowest BCUT2D eigenvalue weighted by molar-refractivity contribution is -0.139. The highest BCUT2D eigenvalue weighted by molar-refractivity contribution is 5.91. The van der Waals surface area contributed by atoms with E-state index in [1.165, 1.54) is 12.8 Å². The monoisotopic (exact) mass is 622 g/mol. The van der Waals surface area contributed by atoms with Crippen LogP contribution in [-0.4, -0.2) is 96.9 Å². The first-order valence-electron chi connectivity index (χ1n) is 16.8. The molecule has 3 aliphatic carbocycles. The molecule has 44 heavy (non-hydrogen) atoms. The Bertz CT molecular complexity index is 968. The van der Waals surface area contributed by atoms with Crippen LogP contribution < -0.4 is 16.0 Å². The molecule has 0 radical (unpaired) electrons. The van der Waals surface area contributed by atoms with E-state index in [4.69, 9.17) is 9.47 Å². The van der Waals surface area contributed by atoms with Crippen molar-refractivity contribution in [1.82, 2.24) is 20.9 Å². The Morgan fingerprint density at radius 3 is 2.16 bits per heavy atom. The lowest BCUT2D eigenvalue weighted by Crippen LogP contribution is -2.55. The van der Waals surface area contributed by atoms with E-state index in [1.807, 2.05) is 20.9 Å². The van der Waals surface area contributed by atoms with Gasteiger partial charge >= 0.3 is 12.0 Å². The third-order valence-corrected chi connectivity index (χ3v) is 10.8. The molecule has 0 heterocycles. The van der Waals surface area contributed by atoms with Crippen LogP contribution in [0.3, 0.4) is 0 Å². The number of ether oxygens (including phenoxy) is 2. The summed E-state index contributed by atoms with van der Waals surface area (Å²) in [7, 11) is 5.23. The maximum Gasteiger partial charge on any atom is 0.315 e. The fourth-order valence-electron chi connectivity index (χ4n) is 7.54. The van der Waals surface area contributed by atoms with Crippen LogP contribution in [0.25, 0.3) is 0 Å². The molecule has 3 fully saturated rings. The number of carbonyl (C=O) groups is 4. The molecule has 0 aromatic carbocycles. The predicted octanol–water partition coefficient (Wildman–Crippen LogP) is 4.02. The number of rotatable bonds is 14. The topological polar surface area (TPSA) is 146 Å². The lowest BCUT2D eigenvalue weighted by atomic mass is 9.79. The van der Waals surface area contributed by atoms with Crippen LogP contribution in [0.2, 0.25) is 0 Å². The molecule has 11 nitrogen and oxygen atoms in total. The molecular weight excluding hydrogens is 564 g/mol. The second-order valence-corrected chi connectivity index (χ2v) is 14.0. The minimum absolute atomic E-state index is 0.0126. The SMILES string of the molecule is COC1CCC([C@H](CC(=O)O)NC(=O)CCC(=O)C(C)(C)N(C)C2CCC(NC(=O)NC3CCCCC3C)CC2)CC1OC. The molecule has 3 amide bonds. The molecule has 0 aromatic heterocycles. The smallest absolute Gasteiger partial charge is 0.315 e. The van der Waals surface area contributed by atoms with Crippen molar-refractivity contribution >= 4 is 23.7 Å². The number of amides is 3. The molecule has 0 bridgehead atoms. The Hall–Kier alpha value is -2.24. The van der Waals surface area contributed by atoms with Gasteiger partial charge in [-0.1, -0.05) is 19.8 Å². The van der Waals surface area contributed by atoms with E-state index in [0.717, 1.165) is 51.4 Å². The van der Waals surface area contributed by atoms with Crippen LogP contribution in [0.5, 0.6) is 0 Å². The van der Waals surface area contributed by atoms with Gasteiger partial charge in [0.15, 0.2) is 5.78 Å². The van der Waals surface area contributed by atoms with Crippen molar-refractivity contribution in [3.63, 3.8) is 0 Å². The van der Waals surface area contributed by atoms with E-state index in [2.05, 4.69) is 27.8 Å². The predicted molar refractivity (Wildman–Crippen MR) is 168 cm³/mol. The molecule has 5 unspecified atom stereocenters. The summed E-state index contributed by atoms with van der Waals surface area (Å²) in [6, 6.07) is -0.0110. The zero-order valence-electron chi connectivity index (χ0n) is 27.9. The quantitative estimate of drug-likeness (QED) is 0.227. The molecule has 11 heteroatoms. The highest BCUT2D eigenvalue weighted by Gasteiger charge is 2.39. The van der Waals surface area contributed by atoms with Gasteiger partial charge in [0, 0.05) is 51.2 Å². The second-order valence-electron chi connectivity index (χ2n) is 14.0. The number of ketones is 1. The molecule has 252 valence electrons. The third-order valence-electron chi connectivity index (χ3n) is 10.8. The Morgan fingerprint density at radius 2 is 1.55 bits per heavy atom. The first-order chi connectivity index (χ1) is 20.8. The molecule has 0 aromatic rings. The van der Waals surface area contributed by atoms with Crippen LogP contribution in [0.15, 0.2) is 0 Å². The summed E-state index contributed by atoms with van der Waals surface area (Å²) >= 11 is 0. The number of Topliss-reactive ketones (excluding diaryl/α,β-unsaturated/α-hetero) is 1. The molecule has 0 saturated heterocycles. The summed E-state index contributed by atoms with van der Waals surface area (Å²) in [6.45, 7) is 6.02. The van der Waals surface area contributed by atoms with E-state index in [9.17, 15) is 24.3 Å². The first-order valence-corrected chi connectivity index (χ1v) is 16.8. The number of carboxylic acid groups (broad SMARTS) is 1. The Kier molecular flexibility index (Phi) is 13.9. The van der Waals surface area contributed by atoms with E-state index >= 15 is 0 Å². The van der Waals surface area contributed by atoms with Gasteiger partial charge < -0.3 is 30.5 Å². The van der Waals surface area contributed by atoms with Crippen molar-refractivity contribution in [3.05, 3.63) is 0 Å². The minimum Gasteiger partial charge on any atom is -0.481 e. The largest absolute Gasteiger partial charge is 0.481 e. The van der Waals surface area contributed by atoms with Gasteiger partial charge in [0.1, 0.15) is 0 Å². The Balaban J connectivity index is 1.45. The normalized spacial score (nSPS) is 30.3. The molecule has 3 rings (SSSR count). The van der Waals surface area contributed by atoms with Crippen molar-refractivity contribution in [2.45, 2.75) is 153 Å². The molecule has 3 aliphatic rings. The molecule has 0 spiro atoms. The van der Waals surface area contributed by atoms with E-state index in [0.29, 0.717) is 12.3 Å². The van der Waals surface area contributed by atoms with Crippen LogP contribution in [0.4, 0.5) is 4.79 Å². The van der Waals surface area contributed by atoms with Crippen molar-refractivity contribution in [1.29, 1.82) is 0 Å². The van der Waals surface area contributed by atoms with Crippen LogP contribution in [0.1, 0.15) is 111 Å². The van der Waals surface area contributed by atoms with Gasteiger partial charge in [0.2, 0.25) is 5.91 Å². The van der Waals surface area contributed by atoms with Crippen molar-refractivity contribution in [2.24, 2.45) is 11.8 Å². The summed E-state index contributed by atoms with van der Waals surface area (Å²) < 4.78 is 11.1. The van der Waals surface area contributed by atoms with Gasteiger partial charge in [0.05, 0.1) is 24.2 Å². The number of hydrogen-bond acceptors (Lipinski definition) is 7. The first kappa shape index (κ1) is 36.2. The maximum atomic E-state index is 13.4. The molecule has 4 N–H and O–H groups in total. The number of aliphatic carboxylic acids is 1. The number of urea groups is 1. The fraction of sp³-hybridized carbons (Fsp3) is 0.879. The number of carboxylic acids is 1. The summed E-state index contributed by atoms with van der Waals surface area (Å²) in [5.41, 5.74) is -0.760. The number of methoxy groups -OCH3 is 2. The van der Waals surface area contributed by atoms with E-state index < -0.39 is 17.6 Å². The second kappa shape index (κ2) is 16.9. The summed E-state index contributed by atoms with van der Waals surface area (Å²) in [5, 5.41) is 18.8. The number of carbonyl (C=O) groups excluding carboxylic acids is 3. The van der Waals surface area contributed by atoms with Gasteiger partial charge in [-0.05, 0) is 90.5 Å². The van der Waals surface area contributed by atoms with Gasteiger partial charge in [-0.25, -0.2) is 4.79 Å². The zero-order chi connectivity index (χ0) is 32.4. The van der Waals surface area contributed by atoms with E-state index in [-0.39, 0.29) is 73.2 Å². The van der Waals surface area contributed by atoms with Crippen LogP contribution in [0, 0.1) is 11.8 Å². The number of nitrogens with zero attached hydrogens (tertiary/aromatic N) is 1. The summed E-state index contributed by atoms with van der Waals surface area (Å²) in [4.78, 5) is 52.7. The number of hydrogen-bond donors (Lipinski definition) is 4. The zero-order valence-corrected chi connectivity index (χ0v) is 27.9. The average molecular weight is 623 g/mol. The van der Waals surface area contributed by atoms with E-state index in [1.54, 1.807) is 14.2 Å². The van der Waals surface area contributed by atoms with Crippen molar-refractivity contribution < 1.29 is 33.8 Å². The van der Waals surface area contributed by atoms with Crippen molar-refractivity contribution in [2.75, 3.05) is 21.3 Å². The van der Waals surface area contributed by atoms with Gasteiger partial charge in [-0.2, -0.15) is 0 Å². The third kappa shape index (κ3) is 10.1. The minimum atomic E-state index is -0.971. The van der Waals surface area contributed by atoms with Gasteiger partial charge in [-0.3, -0.25) is 19.3 Å². The number of likely N-dealkylation sites (N-methyl/N-ethyl adjacent to an activating group) is 1. The summed E-state index contributed by atoms with van der Waals surface area (Å²) in [6.07, 6.45) is 9.88. The van der Waals surface area contributed by atoms with Gasteiger partial charge in [-0.15, -0.1) is 0 Å². The fourth-order valence-corrected chi connectivity index (χ4v) is 7.54. The molecule has 3 saturated carbocycles. The molecular formula is C33H58N4O7. The Morgan fingerprint density at radius 1 is 0.886 bits per heavy atom. The Labute approximate surface area is 263 Å². The molecule has 0 aliphatic heterocycles. The standard InChI is InChI=1S/C33H58N4O7/c1-21-9-7-8-10-25(21)36-32(42)34-23-12-14-24(15-13-23)37(4)33(2,3)29(38)17-18-30(39)35-26(20-31(40)41)22-11-16-27(43-5)28(19-22)44-6/h21-28H,7-20H2,1-6H3,(H,35,39)(H,40,41)(H2,34,36,42)/t21?,22?,23?,24?,25?,26-,27?,28?/m0/s1. The lowest BCUT2D eigenvalue weighted by Gasteiger charge is -2.43. The summed E-state index contributed by atoms with van der Waals surface area (Å²) in [5.74, 6) is -0.831. The maximum absolute atomic E-state index is 13.4. The molecule has 6 atom stereocenters. The number of nitrogens with one attached hydrogen (secondary N) is 3. The average Bonchev–Trinajstić information content (AvgIpc) is 3.00. The van der Waals surface area contributed by atoms with Crippen molar-refractivity contribution in [3.8, 4) is 0 Å². The van der Waals surface area contributed by atoms with Crippen LogP contribution >= 0.6 is 0 Å². The highest BCUT2D eigenvalue weighted by Crippen LogP contribution is 2.32. The highest BCUT2D eigenvalue weighted by atomic mass is 16.5. The van der Waals surface area contributed by atoms with Crippen LogP contribution in [-0.2, 0) is 23.9 Å². The van der Waals surface area contributed by atoms with Gasteiger partial charge in [0.25, 0.3) is 0 Å².